The summed E-state index contributed by atoms with van der Waals surface area (Å²) in [6, 6.07) is 15.3. The lowest BCUT2D eigenvalue weighted by Crippen LogP contribution is -2.64. The first-order valence-electron chi connectivity index (χ1n) is 27.3. The molecule has 0 aromatic heterocycles. The van der Waals surface area contributed by atoms with Crippen LogP contribution in [0.5, 0.6) is 23.0 Å². The van der Waals surface area contributed by atoms with Gasteiger partial charge < -0.3 is 45.3 Å². The van der Waals surface area contributed by atoms with Gasteiger partial charge in [-0.15, -0.1) is 0 Å². The van der Waals surface area contributed by atoms with Crippen molar-refractivity contribution in [2.45, 2.75) is 178 Å². The molecule has 10 rings (SSSR count). The zero-order chi connectivity index (χ0) is 57.6. The van der Waals surface area contributed by atoms with Gasteiger partial charge in [-0.2, -0.15) is 13.2 Å². The van der Waals surface area contributed by atoms with E-state index in [1.54, 1.807) is 43.3 Å². The van der Waals surface area contributed by atoms with E-state index in [0.29, 0.717) is 41.7 Å². The summed E-state index contributed by atoms with van der Waals surface area (Å²) in [5.41, 5.74) is -2.10. The molecular weight excluding hydrogens is 1040 g/mol. The number of para-hydroxylation sites is 1. The second-order valence-corrected chi connectivity index (χ2v) is 23.6. The van der Waals surface area contributed by atoms with Gasteiger partial charge in [-0.25, -0.2) is 4.39 Å². The number of alkyl halides is 3. The average Bonchev–Trinajstić information content (AvgIpc) is 3.40. The van der Waals surface area contributed by atoms with Gasteiger partial charge in [0.15, 0.2) is 18.0 Å². The van der Waals surface area contributed by atoms with Crippen molar-refractivity contribution in [2.75, 3.05) is 0 Å². The fraction of sp³-hybridized carbons (Fsp3) is 0.492. The zero-order valence-electron chi connectivity index (χ0n) is 45.9. The number of nitrogens with zero attached hydrogens (tertiary/aromatic N) is 2. The van der Waals surface area contributed by atoms with Crippen LogP contribution in [-0.4, -0.2) is 97.2 Å². The Kier molecular flexibility index (Phi) is 14.2. The predicted molar refractivity (Wildman–Crippen MR) is 286 cm³/mol. The molecule has 0 bridgehead atoms. The van der Waals surface area contributed by atoms with E-state index in [-0.39, 0.29) is 89.3 Å². The minimum absolute atomic E-state index is 0.00242. The Balaban J connectivity index is 0.942. The molecule has 17 nitrogen and oxygen atoms in total. The quantitative estimate of drug-likeness (QED) is 0.0700. The van der Waals surface area contributed by atoms with Crippen molar-refractivity contribution in [1.29, 1.82) is 10.8 Å². The summed E-state index contributed by atoms with van der Waals surface area (Å²) in [5, 5.41) is 43.1. The van der Waals surface area contributed by atoms with Crippen molar-refractivity contribution in [3.05, 3.63) is 118 Å². The third-order valence-electron chi connectivity index (χ3n) is 17.4. The summed E-state index contributed by atoms with van der Waals surface area (Å²) in [7, 11) is 0. The lowest BCUT2D eigenvalue weighted by atomic mass is 9.79. The van der Waals surface area contributed by atoms with E-state index in [1.807, 2.05) is 48.5 Å². The monoisotopic (exact) mass is 1110 g/mol. The van der Waals surface area contributed by atoms with Crippen LogP contribution in [0.15, 0.2) is 78.9 Å². The Morgan fingerprint density at radius 2 is 1.32 bits per heavy atom. The van der Waals surface area contributed by atoms with Gasteiger partial charge in [-0.05, 0) is 107 Å². The highest BCUT2D eigenvalue weighted by molar-refractivity contribution is 6.01. The molecule has 6 aliphatic heterocycles. The van der Waals surface area contributed by atoms with Crippen molar-refractivity contribution < 1.29 is 60.8 Å². The molecule has 426 valence electrons. The number of aliphatic hydroxyl groups is 1. The molecule has 2 fully saturated rings. The van der Waals surface area contributed by atoms with Crippen LogP contribution in [0.3, 0.4) is 0 Å². The molecule has 9 atom stereocenters. The SMILES string of the molecule is CCC1(CC)CC(=O)N([C@@H]2CC(CC3(C)Oc4ccc(F)cc4[C@@H](NC(=O)c4ccc5c(c4)[C@H](N4C(=N)N[C@](C)(C(C)C)CC4=O)CC(C)(C)O5)[C@@H]3O)Oc3ccc(C(=O)N[C@H]4C[C@H](C(F)(F)F)Oc5ccccc54)cc32)C(=N)N1. The minimum Gasteiger partial charge on any atom is -0.490 e. The molecule has 0 radical (unpaired) electrons. The maximum Gasteiger partial charge on any atom is 0.425 e. The van der Waals surface area contributed by atoms with Gasteiger partial charge >= 0.3 is 6.18 Å². The van der Waals surface area contributed by atoms with E-state index in [1.165, 1.54) is 52.3 Å². The topological polar surface area (TPSA) is 228 Å². The summed E-state index contributed by atoms with van der Waals surface area (Å²) in [5.74, 6) is -2.01. The summed E-state index contributed by atoms with van der Waals surface area (Å²) in [6.07, 6.45) is -8.41. The fourth-order valence-corrected chi connectivity index (χ4v) is 12.3. The number of benzene rings is 4. The molecule has 4 aromatic rings. The first-order valence-corrected chi connectivity index (χ1v) is 27.3. The van der Waals surface area contributed by atoms with E-state index in [4.69, 9.17) is 24.4 Å². The number of carbonyl (C=O) groups excluding carboxylic acids is 4. The van der Waals surface area contributed by atoms with E-state index in [2.05, 4.69) is 21.3 Å². The number of halogens is 4. The maximum absolute atomic E-state index is 15.2. The summed E-state index contributed by atoms with van der Waals surface area (Å²) in [6.45, 7) is 15.1. The van der Waals surface area contributed by atoms with Crippen molar-refractivity contribution in [3.8, 4) is 23.0 Å². The van der Waals surface area contributed by atoms with Crippen LogP contribution in [0.2, 0.25) is 0 Å². The van der Waals surface area contributed by atoms with Gasteiger partial charge in [0, 0.05) is 70.1 Å². The second-order valence-electron chi connectivity index (χ2n) is 23.6. The second kappa shape index (κ2) is 20.3. The fourth-order valence-electron chi connectivity index (χ4n) is 12.3. The van der Waals surface area contributed by atoms with Gasteiger partial charge in [-0.3, -0.25) is 39.8 Å². The minimum atomic E-state index is -4.71. The Bertz CT molecular complexity index is 3150. The molecule has 4 amide bonds. The third kappa shape index (κ3) is 10.3. The smallest absolute Gasteiger partial charge is 0.425 e. The molecule has 2 saturated heterocycles. The number of hydrogen-bond donors (Lipinski definition) is 7. The predicted octanol–water partition coefficient (Wildman–Crippen LogP) is 9.36. The van der Waals surface area contributed by atoms with Crippen LogP contribution in [0, 0.1) is 22.6 Å². The van der Waals surface area contributed by atoms with Gasteiger partial charge in [0.25, 0.3) is 11.8 Å². The lowest BCUT2D eigenvalue weighted by Gasteiger charge is -2.49. The van der Waals surface area contributed by atoms with Gasteiger partial charge in [0.05, 0.1) is 37.0 Å². The van der Waals surface area contributed by atoms with Crippen LogP contribution >= 0.6 is 0 Å². The first kappa shape index (κ1) is 55.9. The number of ether oxygens (including phenoxy) is 4. The number of amides is 4. The number of aliphatic hydroxyl groups excluding tert-OH is 1. The molecule has 6 heterocycles. The first-order chi connectivity index (χ1) is 37.6. The van der Waals surface area contributed by atoms with E-state index < -0.39 is 95.0 Å². The van der Waals surface area contributed by atoms with Gasteiger partial charge in [-0.1, -0.05) is 45.9 Å². The molecule has 7 N–H and O–H groups in total. The standard InChI is InChI=1S/C59H68F4N8O9/c1-9-58(10-2)29-48(73)70(54(65)69-58)40-24-34(77-43-18-15-31(21-36(40)43)51(75)66-39-25-46(59(61,62)63)78-42-14-12-11-13-35(39)42)26-57(8)50(74)49(38-23-33(60)17-20-45(38)80-57)67-52(76)32-16-19-44-37(22-32)41(27-55(5,6)79-44)71-47(72)28-56(7,30(3)4)68-53(71)64/h11-23,30,34,39-41,46,49-50,74H,9-10,24-29H2,1-8H3,(H2,64,68)(H2,65,69)(H,66,75)(H,67,76)/t34?,39-,40+,41+,46+,49+,50-,56-,57?/m0/s1. The molecule has 0 spiro atoms. The van der Waals surface area contributed by atoms with E-state index >= 15 is 4.39 Å². The molecule has 21 heteroatoms. The number of nitrogens with one attached hydrogen (secondary N) is 6. The number of hydrogen-bond acceptors (Lipinski definition) is 11. The largest absolute Gasteiger partial charge is 0.490 e. The summed E-state index contributed by atoms with van der Waals surface area (Å²) >= 11 is 0. The highest BCUT2D eigenvalue weighted by atomic mass is 19.4. The molecule has 4 aromatic carbocycles. The number of rotatable bonds is 11. The summed E-state index contributed by atoms with van der Waals surface area (Å²) < 4.78 is 82.3. The normalized spacial score (nSPS) is 28.5. The van der Waals surface area contributed by atoms with E-state index in [9.17, 15) is 42.9 Å². The zero-order valence-corrected chi connectivity index (χ0v) is 45.9. The lowest BCUT2D eigenvalue weighted by molar-refractivity contribution is -0.201. The number of fused-ring (bicyclic) bond motifs is 4. The van der Waals surface area contributed by atoms with Gasteiger partial charge in [0.2, 0.25) is 11.8 Å². The van der Waals surface area contributed by atoms with Crippen LogP contribution in [-0.2, 0) is 9.59 Å². The Hall–Kier alpha value is -7.42. The summed E-state index contributed by atoms with van der Waals surface area (Å²) in [4.78, 5) is 59.9. The van der Waals surface area contributed by atoms with E-state index in [0.717, 1.165) is 0 Å². The molecule has 6 aliphatic rings. The van der Waals surface area contributed by atoms with Gasteiger partial charge in [0.1, 0.15) is 52.2 Å². The third-order valence-corrected chi connectivity index (χ3v) is 17.4. The van der Waals surface area contributed by atoms with Crippen molar-refractivity contribution >= 4 is 35.5 Å². The maximum atomic E-state index is 15.2. The Labute approximate surface area is 461 Å². The van der Waals surface area contributed by atoms with Crippen molar-refractivity contribution in [3.63, 3.8) is 0 Å². The number of carbonyl (C=O) groups is 4. The molecule has 0 saturated carbocycles. The highest BCUT2D eigenvalue weighted by Crippen LogP contribution is 2.49. The van der Waals surface area contributed by atoms with Crippen LogP contribution in [0.1, 0.15) is 174 Å². The molecule has 2 unspecified atom stereocenters. The van der Waals surface area contributed by atoms with Crippen LogP contribution < -0.4 is 40.2 Å². The molecule has 0 aliphatic carbocycles. The average molecular weight is 1110 g/mol. The Morgan fingerprint density at radius 3 is 1.98 bits per heavy atom. The van der Waals surface area contributed by atoms with Crippen molar-refractivity contribution in [2.24, 2.45) is 5.92 Å². The van der Waals surface area contributed by atoms with Crippen LogP contribution in [0.25, 0.3) is 0 Å². The highest BCUT2D eigenvalue weighted by Gasteiger charge is 2.53. The molecular formula is C59H68F4N8O9. The molecule has 80 heavy (non-hydrogen) atoms. The Morgan fingerprint density at radius 1 is 0.738 bits per heavy atom. The van der Waals surface area contributed by atoms with Crippen molar-refractivity contribution in [1.82, 2.24) is 31.1 Å². The number of guanidine groups is 2. The van der Waals surface area contributed by atoms with Crippen LogP contribution in [0.4, 0.5) is 17.6 Å².